The summed E-state index contributed by atoms with van der Waals surface area (Å²) in [5.41, 5.74) is -1.07. The van der Waals surface area contributed by atoms with E-state index in [4.69, 9.17) is 4.74 Å². The SMILES string of the molecule is COC(=O)[C@@]1(C)C[C@@H]2CC3(O)C=CC[C@@]3(C)[C@@H]2C1. The topological polar surface area (TPSA) is 46.5 Å². The number of allylic oxidation sites excluding steroid dienone is 1. The second-order valence-electron chi connectivity index (χ2n) is 6.98. The molecule has 3 nitrogen and oxygen atoms in total. The van der Waals surface area contributed by atoms with E-state index in [1.807, 2.05) is 13.0 Å². The smallest absolute Gasteiger partial charge is 0.311 e. The normalized spacial score (nSPS) is 53.3. The molecule has 3 heteroatoms. The number of esters is 1. The number of carbonyl (C=O) groups is 1. The number of carbonyl (C=O) groups excluding carboxylic acids is 1. The number of hydrogen-bond acceptors (Lipinski definition) is 3. The lowest BCUT2D eigenvalue weighted by molar-refractivity contribution is -0.152. The van der Waals surface area contributed by atoms with Gasteiger partial charge in [0, 0.05) is 5.41 Å². The fourth-order valence-corrected chi connectivity index (χ4v) is 4.87. The zero-order chi connectivity index (χ0) is 13.2. The van der Waals surface area contributed by atoms with Gasteiger partial charge in [0.25, 0.3) is 0 Å². The predicted octanol–water partition coefficient (Wildman–Crippen LogP) is 2.29. The third-order valence-corrected chi connectivity index (χ3v) is 5.95. The van der Waals surface area contributed by atoms with E-state index in [-0.39, 0.29) is 16.8 Å². The number of aliphatic hydroxyl groups is 1. The summed E-state index contributed by atoms with van der Waals surface area (Å²) in [6, 6.07) is 0. The van der Waals surface area contributed by atoms with E-state index in [0.717, 1.165) is 25.7 Å². The third kappa shape index (κ3) is 1.26. The molecule has 0 aliphatic heterocycles. The molecule has 2 saturated carbocycles. The molecule has 0 aromatic rings. The molecule has 3 aliphatic carbocycles. The molecule has 0 amide bonds. The largest absolute Gasteiger partial charge is 0.469 e. The Bertz CT molecular complexity index is 429. The van der Waals surface area contributed by atoms with E-state index >= 15 is 0 Å². The van der Waals surface area contributed by atoms with E-state index in [1.54, 1.807) is 0 Å². The van der Waals surface area contributed by atoms with Gasteiger partial charge in [0.1, 0.15) is 0 Å². The summed E-state index contributed by atoms with van der Waals surface area (Å²) in [4.78, 5) is 11.9. The van der Waals surface area contributed by atoms with Crippen LogP contribution in [-0.2, 0) is 9.53 Å². The van der Waals surface area contributed by atoms with Gasteiger partial charge in [-0.2, -0.15) is 0 Å². The Hall–Kier alpha value is -0.830. The van der Waals surface area contributed by atoms with Crippen LogP contribution < -0.4 is 0 Å². The van der Waals surface area contributed by atoms with Crippen LogP contribution >= 0.6 is 0 Å². The molecule has 1 N–H and O–H groups in total. The van der Waals surface area contributed by atoms with Gasteiger partial charge in [0.2, 0.25) is 0 Å². The highest BCUT2D eigenvalue weighted by Gasteiger charge is 2.66. The van der Waals surface area contributed by atoms with Crippen molar-refractivity contribution in [2.75, 3.05) is 7.11 Å². The van der Waals surface area contributed by atoms with Crippen LogP contribution in [0.2, 0.25) is 0 Å². The van der Waals surface area contributed by atoms with Crippen molar-refractivity contribution in [2.24, 2.45) is 22.7 Å². The summed E-state index contributed by atoms with van der Waals surface area (Å²) in [7, 11) is 1.47. The maximum absolute atomic E-state index is 11.9. The van der Waals surface area contributed by atoms with Crippen molar-refractivity contribution in [3.63, 3.8) is 0 Å². The summed E-state index contributed by atoms with van der Waals surface area (Å²) in [6.07, 6.45) is 7.53. The van der Waals surface area contributed by atoms with Crippen LogP contribution in [0.3, 0.4) is 0 Å². The second-order valence-corrected chi connectivity index (χ2v) is 6.98. The van der Waals surface area contributed by atoms with E-state index < -0.39 is 5.60 Å². The fraction of sp³-hybridized carbons (Fsp3) is 0.800. The second kappa shape index (κ2) is 3.38. The predicted molar refractivity (Wildman–Crippen MR) is 67.8 cm³/mol. The van der Waals surface area contributed by atoms with Crippen LogP contribution in [0.25, 0.3) is 0 Å². The quantitative estimate of drug-likeness (QED) is 0.574. The van der Waals surface area contributed by atoms with E-state index in [0.29, 0.717) is 11.8 Å². The van der Waals surface area contributed by atoms with Crippen LogP contribution in [0.1, 0.15) is 39.5 Å². The lowest BCUT2D eigenvalue weighted by Gasteiger charge is -2.38. The zero-order valence-electron chi connectivity index (χ0n) is 11.4. The number of rotatable bonds is 1. The van der Waals surface area contributed by atoms with E-state index in [9.17, 15) is 9.90 Å². The van der Waals surface area contributed by atoms with Crippen molar-refractivity contribution in [2.45, 2.75) is 45.1 Å². The minimum absolute atomic E-state index is 0.0799. The Morgan fingerprint density at radius 1 is 1.33 bits per heavy atom. The molecule has 3 aliphatic rings. The number of methoxy groups -OCH3 is 1. The highest BCUT2D eigenvalue weighted by atomic mass is 16.5. The van der Waals surface area contributed by atoms with Crippen molar-refractivity contribution in [1.82, 2.24) is 0 Å². The van der Waals surface area contributed by atoms with Crippen molar-refractivity contribution in [3.05, 3.63) is 12.2 Å². The molecule has 3 rings (SSSR count). The van der Waals surface area contributed by atoms with Gasteiger partial charge in [-0.15, -0.1) is 0 Å². The zero-order valence-corrected chi connectivity index (χ0v) is 11.4. The van der Waals surface area contributed by atoms with Crippen LogP contribution in [0.4, 0.5) is 0 Å². The molecule has 2 fully saturated rings. The molecule has 5 atom stereocenters. The molecule has 0 radical (unpaired) electrons. The van der Waals surface area contributed by atoms with Crippen LogP contribution in [0, 0.1) is 22.7 Å². The molecule has 0 spiro atoms. The molecule has 0 bridgehead atoms. The lowest BCUT2D eigenvalue weighted by atomic mass is 9.69. The third-order valence-electron chi connectivity index (χ3n) is 5.95. The maximum Gasteiger partial charge on any atom is 0.311 e. The Morgan fingerprint density at radius 3 is 2.72 bits per heavy atom. The minimum Gasteiger partial charge on any atom is -0.469 e. The molecule has 0 aromatic carbocycles. The Morgan fingerprint density at radius 2 is 2.06 bits per heavy atom. The summed E-state index contributed by atoms with van der Waals surface area (Å²) >= 11 is 0. The fourth-order valence-electron chi connectivity index (χ4n) is 4.87. The summed E-state index contributed by atoms with van der Waals surface area (Å²) in [5, 5.41) is 10.8. The van der Waals surface area contributed by atoms with Crippen LogP contribution in [0.15, 0.2) is 12.2 Å². The monoisotopic (exact) mass is 250 g/mol. The van der Waals surface area contributed by atoms with Crippen LogP contribution in [-0.4, -0.2) is 23.8 Å². The summed E-state index contributed by atoms with van der Waals surface area (Å²) < 4.78 is 4.95. The first-order valence-corrected chi connectivity index (χ1v) is 6.83. The molecule has 1 unspecified atom stereocenters. The van der Waals surface area contributed by atoms with Gasteiger partial charge < -0.3 is 9.84 Å². The summed E-state index contributed by atoms with van der Waals surface area (Å²) in [5.74, 6) is 0.797. The van der Waals surface area contributed by atoms with Gasteiger partial charge in [-0.1, -0.05) is 19.1 Å². The average molecular weight is 250 g/mol. The van der Waals surface area contributed by atoms with Gasteiger partial charge in [-0.05, 0) is 44.4 Å². The van der Waals surface area contributed by atoms with Crippen molar-refractivity contribution < 1.29 is 14.6 Å². The Kier molecular flexibility index (Phi) is 2.30. The van der Waals surface area contributed by atoms with Crippen LogP contribution in [0.5, 0.6) is 0 Å². The van der Waals surface area contributed by atoms with Crippen molar-refractivity contribution in [1.29, 1.82) is 0 Å². The molecule has 0 heterocycles. The van der Waals surface area contributed by atoms with Gasteiger partial charge in [0.15, 0.2) is 0 Å². The van der Waals surface area contributed by atoms with Gasteiger partial charge >= 0.3 is 5.97 Å². The molecule has 100 valence electrons. The number of hydrogen-bond donors (Lipinski definition) is 1. The van der Waals surface area contributed by atoms with Crippen molar-refractivity contribution >= 4 is 5.97 Å². The average Bonchev–Trinajstić information content (AvgIpc) is 2.84. The molecule has 0 saturated heterocycles. The highest BCUT2D eigenvalue weighted by molar-refractivity contribution is 5.76. The summed E-state index contributed by atoms with van der Waals surface area (Å²) in [6.45, 7) is 4.20. The number of fused-ring (bicyclic) bond motifs is 3. The molecular formula is C15H22O3. The number of ether oxygens (including phenoxy) is 1. The lowest BCUT2D eigenvalue weighted by Crippen LogP contribution is -2.41. The first-order chi connectivity index (χ1) is 8.35. The molecule has 18 heavy (non-hydrogen) atoms. The molecular weight excluding hydrogens is 228 g/mol. The first-order valence-electron chi connectivity index (χ1n) is 6.83. The Balaban J connectivity index is 1.90. The maximum atomic E-state index is 11.9. The molecule has 0 aromatic heterocycles. The van der Waals surface area contributed by atoms with Gasteiger partial charge in [-0.3, -0.25) is 4.79 Å². The first kappa shape index (κ1) is 12.2. The minimum atomic E-state index is -0.639. The van der Waals surface area contributed by atoms with E-state index in [2.05, 4.69) is 13.0 Å². The van der Waals surface area contributed by atoms with Gasteiger partial charge in [0.05, 0.1) is 18.1 Å². The van der Waals surface area contributed by atoms with Gasteiger partial charge in [-0.25, -0.2) is 0 Å². The highest BCUT2D eigenvalue weighted by Crippen LogP contribution is 2.67. The Labute approximate surface area is 108 Å². The standard InChI is InChI=1S/C15H22O3/c1-13(12(16)18-3)7-10-8-15(17)6-4-5-14(15,2)11(10)9-13/h4,6,10-11,17H,5,7-9H2,1-3H3/t10-,11-,13+,14+,15?/m1/s1. The van der Waals surface area contributed by atoms with Crippen molar-refractivity contribution in [3.8, 4) is 0 Å². The van der Waals surface area contributed by atoms with E-state index in [1.165, 1.54) is 7.11 Å².